The third-order valence-electron chi connectivity index (χ3n) is 2.05. The minimum Gasteiger partial charge on any atom is -0.478 e. The molecule has 0 fully saturated rings. The Morgan fingerprint density at radius 3 is 2.65 bits per heavy atom. The number of benzene rings is 1. The van der Waals surface area contributed by atoms with Crippen LogP contribution in [0.4, 0.5) is 0 Å². The Kier molecular flexibility index (Phi) is 5.58. The molecule has 1 aromatic rings. The fourth-order valence-corrected chi connectivity index (χ4v) is 2.31. The van der Waals surface area contributed by atoms with Gasteiger partial charge in [-0.1, -0.05) is 44.0 Å². The zero-order chi connectivity index (χ0) is 12.8. The number of carboxylic acid groups (broad SMARTS) is 1. The second-order valence-electron chi connectivity index (χ2n) is 3.24. The minimum absolute atomic E-state index is 0.0283. The van der Waals surface area contributed by atoms with Gasteiger partial charge in [-0.15, -0.1) is 0 Å². The molecule has 3 nitrogen and oxygen atoms in total. The lowest BCUT2D eigenvalue weighted by molar-refractivity contribution is -0.131. The summed E-state index contributed by atoms with van der Waals surface area (Å²) in [7, 11) is 0. The molecule has 0 aromatic heterocycles. The molecule has 0 radical (unpaired) electrons. The van der Waals surface area contributed by atoms with E-state index in [9.17, 15) is 9.59 Å². The summed E-state index contributed by atoms with van der Waals surface area (Å²) < 4.78 is 0.677. The predicted molar refractivity (Wildman–Crippen MR) is 73.6 cm³/mol. The van der Waals surface area contributed by atoms with Crippen molar-refractivity contribution in [2.45, 2.75) is 6.42 Å². The summed E-state index contributed by atoms with van der Waals surface area (Å²) in [5.74, 6) is -1.07. The highest BCUT2D eigenvalue weighted by Crippen LogP contribution is 2.23. The summed E-state index contributed by atoms with van der Waals surface area (Å²) in [5, 5.41) is 9.16. The number of hydrogen-bond donors (Lipinski definition) is 1. The van der Waals surface area contributed by atoms with Crippen molar-refractivity contribution in [1.82, 2.24) is 0 Å². The molecule has 0 heterocycles. The van der Waals surface area contributed by atoms with E-state index in [4.69, 9.17) is 5.11 Å². The molecular weight excluding hydrogens is 352 g/mol. The summed E-state index contributed by atoms with van der Waals surface area (Å²) in [6, 6.07) is 5.24. The SMILES string of the molecule is O=C(O)/C=C/c1cccc(Br)c1C(=O)CCBr. The van der Waals surface area contributed by atoms with Gasteiger partial charge in [-0.05, 0) is 17.7 Å². The predicted octanol–water partition coefficient (Wildman–Crippen LogP) is 3.51. The fourth-order valence-electron chi connectivity index (χ4n) is 1.35. The molecule has 0 amide bonds. The average Bonchev–Trinajstić information content (AvgIpc) is 2.26. The van der Waals surface area contributed by atoms with Gasteiger partial charge in [0.05, 0.1) is 0 Å². The van der Waals surface area contributed by atoms with Crippen molar-refractivity contribution in [2.75, 3.05) is 5.33 Å². The molecule has 1 N–H and O–H groups in total. The Labute approximate surface area is 116 Å². The summed E-state index contributed by atoms with van der Waals surface area (Å²) in [4.78, 5) is 22.4. The van der Waals surface area contributed by atoms with Gasteiger partial charge in [0, 0.05) is 27.9 Å². The number of carboxylic acids is 1. The van der Waals surface area contributed by atoms with Crippen LogP contribution in [0.3, 0.4) is 0 Å². The van der Waals surface area contributed by atoms with E-state index in [0.29, 0.717) is 27.4 Å². The molecule has 0 aliphatic carbocycles. The number of Topliss-reactive ketones (excluding diaryl/α,β-unsaturated/α-hetero) is 1. The molecule has 0 bridgehead atoms. The second-order valence-corrected chi connectivity index (χ2v) is 4.89. The van der Waals surface area contributed by atoms with Gasteiger partial charge in [0.15, 0.2) is 5.78 Å². The highest BCUT2D eigenvalue weighted by Gasteiger charge is 2.12. The smallest absolute Gasteiger partial charge is 0.328 e. The fraction of sp³-hybridized carbons (Fsp3) is 0.167. The van der Waals surface area contributed by atoms with Crippen LogP contribution in [0.1, 0.15) is 22.3 Å². The average molecular weight is 362 g/mol. The first-order valence-corrected chi connectivity index (χ1v) is 6.76. The lowest BCUT2D eigenvalue weighted by Crippen LogP contribution is -2.03. The second kappa shape index (κ2) is 6.71. The Bertz CT molecular complexity index is 467. The van der Waals surface area contributed by atoms with Crippen LogP contribution in [0.2, 0.25) is 0 Å². The molecule has 90 valence electrons. The summed E-state index contributed by atoms with van der Waals surface area (Å²) in [6.07, 6.45) is 2.82. The number of rotatable bonds is 5. The molecule has 17 heavy (non-hydrogen) atoms. The first-order chi connectivity index (χ1) is 8.06. The van der Waals surface area contributed by atoms with E-state index in [-0.39, 0.29) is 5.78 Å². The van der Waals surface area contributed by atoms with Crippen molar-refractivity contribution in [3.05, 3.63) is 39.9 Å². The van der Waals surface area contributed by atoms with Crippen LogP contribution >= 0.6 is 31.9 Å². The van der Waals surface area contributed by atoms with Crippen LogP contribution in [0.25, 0.3) is 6.08 Å². The molecule has 5 heteroatoms. The maximum Gasteiger partial charge on any atom is 0.328 e. The van der Waals surface area contributed by atoms with Crippen molar-refractivity contribution >= 4 is 49.7 Å². The normalized spacial score (nSPS) is 10.7. The lowest BCUT2D eigenvalue weighted by atomic mass is 10.0. The zero-order valence-corrected chi connectivity index (χ0v) is 12.0. The van der Waals surface area contributed by atoms with Gasteiger partial charge in [0.25, 0.3) is 0 Å². The number of ketones is 1. The minimum atomic E-state index is -1.04. The molecular formula is C12H10Br2O3. The molecule has 0 aliphatic rings. The van der Waals surface area contributed by atoms with Crippen LogP contribution in [-0.2, 0) is 4.79 Å². The number of alkyl halides is 1. The van der Waals surface area contributed by atoms with Crippen LogP contribution in [-0.4, -0.2) is 22.2 Å². The topological polar surface area (TPSA) is 54.4 Å². The number of halogens is 2. The number of hydrogen-bond acceptors (Lipinski definition) is 2. The van der Waals surface area contributed by atoms with E-state index in [0.717, 1.165) is 6.08 Å². The van der Waals surface area contributed by atoms with Crippen molar-refractivity contribution in [3.63, 3.8) is 0 Å². The third kappa shape index (κ3) is 4.09. The van der Waals surface area contributed by atoms with Gasteiger partial charge in [-0.3, -0.25) is 4.79 Å². The summed E-state index contributed by atoms with van der Waals surface area (Å²) in [6.45, 7) is 0. The molecule has 0 atom stereocenters. The number of aliphatic carboxylic acids is 1. The van der Waals surface area contributed by atoms with Crippen molar-refractivity contribution in [3.8, 4) is 0 Å². The van der Waals surface area contributed by atoms with Gasteiger partial charge in [0.1, 0.15) is 0 Å². The van der Waals surface area contributed by atoms with Gasteiger partial charge >= 0.3 is 5.97 Å². The molecule has 1 rings (SSSR count). The van der Waals surface area contributed by atoms with Crippen LogP contribution < -0.4 is 0 Å². The molecule has 1 aromatic carbocycles. The summed E-state index contributed by atoms with van der Waals surface area (Å²) in [5.41, 5.74) is 1.12. The van der Waals surface area contributed by atoms with Crippen molar-refractivity contribution in [1.29, 1.82) is 0 Å². The van der Waals surface area contributed by atoms with Gasteiger partial charge in [0.2, 0.25) is 0 Å². The molecule has 0 unspecified atom stereocenters. The Morgan fingerprint density at radius 1 is 1.35 bits per heavy atom. The van der Waals surface area contributed by atoms with Crippen LogP contribution in [0.15, 0.2) is 28.7 Å². The van der Waals surface area contributed by atoms with Gasteiger partial charge < -0.3 is 5.11 Å². The standard InChI is InChI=1S/C12H10Br2O3/c13-7-6-10(15)12-8(4-5-11(16)17)2-1-3-9(12)14/h1-5H,6-7H2,(H,16,17)/b5-4+. The highest BCUT2D eigenvalue weighted by atomic mass is 79.9. The molecule has 0 spiro atoms. The van der Waals surface area contributed by atoms with Crippen LogP contribution in [0, 0.1) is 0 Å². The Morgan fingerprint density at radius 2 is 2.06 bits per heavy atom. The summed E-state index contributed by atoms with van der Waals surface area (Å²) >= 11 is 6.52. The van der Waals surface area contributed by atoms with E-state index in [1.807, 2.05) is 0 Å². The molecule has 0 saturated heterocycles. The van der Waals surface area contributed by atoms with Crippen LogP contribution in [0.5, 0.6) is 0 Å². The quantitative estimate of drug-likeness (QED) is 0.496. The Hall–Kier alpha value is -0.940. The van der Waals surface area contributed by atoms with Gasteiger partial charge in [-0.25, -0.2) is 4.79 Å². The molecule has 0 aliphatic heterocycles. The first kappa shape index (κ1) is 14.1. The lowest BCUT2D eigenvalue weighted by Gasteiger charge is -2.06. The maximum absolute atomic E-state index is 11.9. The number of carbonyl (C=O) groups excluding carboxylic acids is 1. The van der Waals surface area contributed by atoms with E-state index in [2.05, 4.69) is 31.9 Å². The van der Waals surface area contributed by atoms with Crippen molar-refractivity contribution < 1.29 is 14.7 Å². The van der Waals surface area contributed by atoms with E-state index in [1.165, 1.54) is 6.08 Å². The first-order valence-electron chi connectivity index (χ1n) is 4.85. The third-order valence-corrected chi connectivity index (χ3v) is 3.11. The highest BCUT2D eigenvalue weighted by molar-refractivity contribution is 9.10. The monoisotopic (exact) mass is 360 g/mol. The number of carbonyl (C=O) groups is 2. The van der Waals surface area contributed by atoms with E-state index in [1.54, 1.807) is 18.2 Å². The van der Waals surface area contributed by atoms with Gasteiger partial charge in [-0.2, -0.15) is 0 Å². The van der Waals surface area contributed by atoms with E-state index >= 15 is 0 Å². The molecule has 0 saturated carbocycles. The zero-order valence-electron chi connectivity index (χ0n) is 8.82. The van der Waals surface area contributed by atoms with Crippen molar-refractivity contribution in [2.24, 2.45) is 0 Å². The Balaban J connectivity index is 3.17. The van der Waals surface area contributed by atoms with E-state index < -0.39 is 5.97 Å². The maximum atomic E-state index is 11.9. The largest absolute Gasteiger partial charge is 0.478 e.